The quantitative estimate of drug-likeness (QED) is 0.533. The van der Waals surface area contributed by atoms with E-state index in [-0.39, 0.29) is 17.6 Å². The van der Waals surface area contributed by atoms with E-state index in [0.717, 1.165) is 49.4 Å². The topological polar surface area (TPSA) is 68.1 Å². The van der Waals surface area contributed by atoms with E-state index in [9.17, 15) is 13.2 Å². The number of likely N-dealkylation sites (tertiary alicyclic amines) is 1. The number of aromatic nitrogens is 4. The number of nitrogens with zero attached hydrogens (tertiary/aromatic N) is 5. The maximum absolute atomic E-state index is 14.1. The van der Waals surface area contributed by atoms with Crippen LogP contribution in [0, 0.1) is 17.8 Å². The standard InChI is InChI=1S/C27H31F3N6O/c1-35-11-18-6-15(2-4-23(18)34-35)24-10-22(27(28,29)30)26(33-32-24)31-20-7-16-12-36(13-17(16)8-20)14-19-9-21-3-5-25(19)37-21/h2,4,6,10-11,16-17,19-21,25H,3,5,7-9,12-14H2,1H3,(H,31,33)/t16-,17+,19-,20+,21?,25?/m1/s1. The molecule has 1 saturated carbocycles. The molecule has 1 N–H and O–H groups in total. The van der Waals surface area contributed by atoms with Gasteiger partial charge in [-0.1, -0.05) is 6.07 Å². The molecular weight excluding hydrogens is 481 g/mol. The molecule has 2 bridgehead atoms. The van der Waals surface area contributed by atoms with Crippen LogP contribution in [0.15, 0.2) is 30.5 Å². The third-order valence-electron chi connectivity index (χ3n) is 8.91. The van der Waals surface area contributed by atoms with Crippen molar-refractivity contribution in [1.29, 1.82) is 0 Å². The summed E-state index contributed by atoms with van der Waals surface area (Å²) in [5.74, 6) is 1.52. The second-order valence-electron chi connectivity index (χ2n) is 11.5. The number of rotatable bonds is 5. The van der Waals surface area contributed by atoms with E-state index in [1.165, 1.54) is 19.3 Å². The summed E-state index contributed by atoms with van der Waals surface area (Å²) in [6, 6.07) is 6.42. The van der Waals surface area contributed by atoms with Crippen LogP contribution in [0.25, 0.3) is 22.2 Å². The zero-order valence-electron chi connectivity index (χ0n) is 20.8. The van der Waals surface area contributed by atoms with Gasteiger partial charge in [-0.3, -0.25) is 4.68 Å². The van der Waals surface area contributed by atoms with Gasteiger partial charge in [0.05, 0.1) is 23.4 Å². The Bertz CT molecular complexity index is 1310. The minimum absolute atomic E-state index is 0.0176. The van der Waals surface area contributed by atoms with Gasteiger partial charge in [-0.05, 0) is 62.1 Å². The van der Waals surface area contributed by atoms with Gasteiger partial charge in [-0.2, -0.15) is 18.3 Å². The monoisotopic (exact) mass is 512 g/mol. The number of nitrogens with one attached hydrogen (secondary N) is 1. The van der Waals surface area contributed by atoms with Crippen LogP contribution in [0.1, 0.15) is 37.7 Å². The lowest BCUT2D eigenvalue weighted by atomic mass is 9.89. The Labute approximate surface area is 213 Å². The van der Waals surface area contributed by atoms with Gasteiger partial charge in [-0.25, -0.2) is 0 Å². The Hall–Kier alpha value is -2.72. The lowest BCUT2D eigenvalue weighted by Crippen LogP contribution is -2.34. The highest BCUT2D eigenvalue weighted by molar-refractivity contribution is 5.83. The number of anilines is 1. The molecule has 3 aromatic rings. The maximum Gasteiger partial charge on any atom is 0.420 e. The Morgan fingerprint density at radius 1 is 1.05 bits per heavy atom. The summed E-state index contributed by atoms with van der Waals surface area (Å²) < 4.78 is 49.9. The van der Waals surface area contributed by atoms with Crippen molar-refractivity contribution >= 4 is 16.7 Å². The maximum atomic E-state index is 14.1. The number of ether oxygens (including phenoxy) is 1. The second kappa shape index (κ2) is 8.66. The fraction of sp³-hybridized carbons (Fsp3) is 0.593. The summed E-state index contributed by atoms with van der Waals surface area (Å²) in [7, 11) is 1.81. The number of hydrogen-bond donors (Lipinski definition) is 1. The molecule has 2 aromatic heterocycles. The first-order valence-corrected chi connectivity index (χ1v) is 13.3. The first-order chi connectivity index (χ1) is 17.8. The van der Waals surface area contributed by atoms with Gasteiger partial charge in [0.25, 0.3) is 0 Å². The van der Waals surface area contributed by atoms with Crippen molar-refractivity contribution in [2.45, 2.75) is 56.5 Å². The third-order valence-corrected chi connectivity index (χ3v) is 8.91. The number of alkyl halides is 3. The molecule has 0 spiro atoms. The molecule has 6 atom stereocenters. The average molecular weight is 513 g/mol. The molecule has 0 amide bonds. The van der Waals surface area contributed by atoms with Gasteiger partial charge in [0, 0.05) is 55.8 Å². The Morgan fingerprint density at radius 2 is 1.86 bits per heavy atom. The van der Waals surface area contributed by atoms with Crippen LogP contribution < -0.4 is 5.32 Å². The minimum Gasteiger partial charge on any atom is -0.375 e. The molecule has 37 heavy (non-hydrogen) atoms. The normalized spacial score (nSPS) is 31.5. The fourth-order valence-electron chi connectivity index (χ4n) is 7.29. The fourth-order valence-corrected chi connectivity index (χ4v) is 7.29. The van der Waals surface area contributed by atoms with Crippen LogP contribution in [0.3, 0.4) is 0 Å². The highest BCUT2D eigenvalue weighted by Gasteiger charge is 2.46. The van der Waals surface area contributed by atoms with E-state index in [0.29, 0.717) is 35.5 Å². The van der Waals surface area contributed by atoms with Crippen LogP contribution in [0.5, 0.6) is 0 Å². The zero-order valence-corrected chi connectivity index (χ0v) is 20.8. The highest BCUT2D eigenvalue weighted by atomic mass is 19.4. The van der Waals surface area contributed by atoms with Crippen molar-refractivity contribution < 1.29 is 17.9 Å². The van der Waals surface area contributed by atoms with Gasteiger partial charge in [0.1, 0.15) is 5.56 Å². The Morgan fingerprint density at radius 3 is 2.57 bits per heavy atom. The largest absolute Gasteiger partial charge is 0.420 e. The van der Waals surface area contributed by atoms with E-state index in [2.05, 4.69) is 25.5 Å². The Balaban J connectivity index is 1.04. The number of halogens is 3. The number of aryl methyl sites for hydroxylation is 1. The molecule has 4 fully saturated rings. The Kier molecular flexibility index (Phi) is 5.48. The van der Waals surface area contributed by atoms with Gasteiger partial charge in [-0.15, -0.1) is 10.2 Å². The van der Waals surface area contributed by atoms with Gasteiger partial charge in [0.15, 0.2) is 5.82 Å². The molecular formula is C27H31F3N6O. The molecule has 196 valence electrons. The lowest BCUT2D eigenvalue weighted by molar-refractivity contribution is -0.137. The molecule has 1 aliphatic carbocycles. The molecule has 7 rings (SSSR count). The molecule has 10 heteroatoms. The predicted molar refractivity (Wildman–Crippen MR) is 133 cm³/mol. The van der Waals surface area contributed by atoms with Crippen molar-refractivity contribution in [2.24, 2.45) is 24.8 Å². The number of benzene rings is 1. The molecule has 4 aliphatic rings. The molecule has 0 radical (unpaired) electrons. The third kappa shape index (κ3) is 4.37. The molecule has 1 aromatic carbocycles. The second-order valence-corrected chi connectivity index (χ2v) is 11.5. The summed E-state index contributed by atoms with van der Waals surface area (Å²) in [5.41, 5.74) is 0.801. The minimum atomic E-state index is -4.53. The number of hydrogen-bond acceptors (Lipinski definition) is 6. The summed E-state index contributed by atoms with van der Waals surface area (Å²) in [6.45, 7) is 3.16. The van der Waals surface area contributed by atoms with E-state index >= 15 is 0 Å². The van der Waals surface area contributed by atoms with Gasteiger partial charge >= 0.3 is 6.18 Å². The summed E-state index contributed by atoms with van der Waals surface area (Å²) in [6.07, 6.45) is 3.54. The predicted octanol–water partition coefficient (Wildman–Crippen LogP) is 4.74. The van der Waals surface area contributed by atoms with Crippen LogP contribution in [0.4, 0.5) is 19.0 Å². The van der Waals surface area contributed by atoms with Crippen LogP contribution in [-0.4, -0.2) is 62.8 Å². The van der Waals surface area contributed by atoms with Crippen molar-refractivity contribution in [3.05, 3.63) is 36.0 Å². The summed E-state index contributed by atoms with van der Waals surface area (Å²) in [4.78, 5) is 2.56. The first-order valence-electron chi connectivity index (χ1n) is 13.3. The summed E-state index contributed by atoms with van der Waals surface area (Å²) in [5, 5.41) is 16.5. The van der Waals surface area contributed by atoms with Crippen molar-refractivity contribution in [2.75, 3.05) is 25.0 Å². The van der Waals surface area contributed by atoms with Crippen LogP contribution in [-0.2, 0) is 18.0 Å². The van der Waals surface area contributed by atoms with Gasteiger partial charge in [0.2, 0.25) is 0 Å². The van der Waals surface area contributed by atoms with Crippen LogP contribution >= 0.6 is 0 Å². The van der Waals surface area contributed by atoms with E-state index < -0.39 is 11.7 Å². The molecule has 7 nitrogen and oxygen atoms in total. The number of fused-ring (bicyclic) bond motifs is 4. The van der Waals surface area contributed by atoms with Crippen molar-refractivity contribution in [3.8, 4) is 11.3 Å². The van der Waals surface area contributed by atoms with E-state index in [1.807, 2.05) is 13.2 Å². The average Bonchev–Trinajstić information content (AvgIpc) is 3.65. The van der Waals surface area contributed by atoms with Crippen LogP contribution in [0.2, 0.25) is 0 Å². The first kappa shape index (κ1) is 23.4. The van der Waals surface area contributed by atoms with E-state index in [1.54, 1.807) is 22.9 Å². The summed E-state index contributed by atoms with van der Waals surface area (Å²) >= 11 is 0. The molecule has 2 unspecified atom stereocenters. The SMILES string of the molecule is Cn1cc2cc(-c3cc(C(F)(F)F)c(N[C@H]4C[C@@H]5CN(C[C@H]6CC7CCC6O7)C[C@@H]5C4)nn3)ccc2n1. The smallest absolute Gasteiger partial charge is 0.375 e. The lowest BCUT2D eigenvalue weighted by Gasteiger charge is -2.26. The molecule has 3 saturated heterocycles. The zero-order chi connectivity index (χ0) is 25.3. The molecule has 3 aliphatic heterocycles. The van der Waals surface area contributed by atoms with Crippen molar-refractivity contribution in [1.82, 2.24) is 24.9 Å². The van der Waals surface area contributed by atoms with Crippen molar-refractivity contribution in [3.63, 3.8) is 0 Å². The van der Waals surface area contributed by atoms with Gasteiger partial charge < -0.3 is 15.0 Å². The highest BCUT2D eigenvalue weighted by Crippen LogP contribution is 2.44. The van der Waals surface area contributed by atoms with E-state index in [4.69, 9.17) is 4.74 Å². The molecule has 5 heterocycles.